The van der Waals surface area contributed by atoms with Crippen molar-refractivity contribution in [3.8, 4) is 5.88 Å². The molecular weight excluding hydrogens is 573 g/mol. The van der Waals surface area contributed by atoms with Crippen molar-refractivity contribution in [2.24, 2.45) is 7.05 Å². The smallest absolute Gasteiger partial charge is 0.477 e. The lowest BCUT2D eigenvalue weighted by Crippen LogP contribution is -2.28. The van der Waals surface area contributed by atoms with Crippen LogP contribution >= 0.6 is 11.6 Å². The van der Waals surface area contributed by atoms with E-state index in [1.165, 1.54) is 5.56 Å². The van der Waals surface area contributed by atoms with Crippen LogP contribution in [0.3, 0.4) is 0 Å². The van der Waals surface area contributed by atoms with Crippen molar-refractivity contribution in [3.63, 3.8) is 0 Å². The minimum atomic E-state index is -5.28. The summed E-state index contributed by atoms with van der Waals surface area (Å²) in [7, 11) is 1.71. The van der Waals surface area contributed by atoms with Gasteiger partial charge in [0.1, 0.15) is 5.82 Å². The number of aryl methyl sites for hydroxylation is 2. The quantitative estimate of drug-likeness (QED) is 0.232. The van der Waals surface area contributed by atoms with Gasteiger partial charge in [0, 0.05) is 42.7 Å². The third kappa shape index (κ3) is 8.02. The van der Waals surface area contributed by atoms with Gasteiger partial charge in [-0.05, 0) is 53.5 Å². The molecule has 12 heteroatoms. The number of ether oxygens (including phenoxy) is 2. The van der Waals surface area contributed by atoms with Crippen molar-refractivity contribution in [1.29, 1.82) is 0 Å². The van der Waals surface area contributed by atoms with Gasteiger partial charge < -0.3 is 14.8 Å². The summed E-state index contributed by atoms with van der Waals surface area (Å²) >= 11 is 6.52. The fourth-order valence-electron chi connectivity index (χ4n) is 4.78. The van der Waals surface area contributed by atoms with Crippen molar-refractivity contribution in [3.05, 3.63) is 69.5 Å². The first-order valence-electron chi connectivity index (χ1n) is 13.7. The van der Waals surface area contributed by atoms with Crippen LogP contribution in [0.15, 0.2) is 36.4 Å². The molecule has 0 saturated heterocycles. The molecule has 226 valence electrons. The van der Waals surface area contributed by atoms with E-state index in [1.54, 1.807) is 23.9 Å². The molecule has 3 heterocycles. The van der Waals surface area contributed by atoms with E-state index in [9.17, 15) is 22.8 Å². The van der Waals surface area contributed by atoms with Crippen molar-refractivity contribution in [1.82, 2.24) is 14.8 Å². The van der Waals surface area contributed by atoms with Crippen LogP contribution in [-0.2, 0) is 46.1 Å². The van der Waals surface area contributed by atoms with Crippen molar-refractivity contribution >= 4 is 29.4 Å². The second-order valence-electron chi connectivity index (χ2n) is 11.4. The standard InChI is InChI=1S/C30H34ClF3N4O4/c1-29(2,3)20-8-10-24(31)23(16-20)19(15-26(39)42-28(40)30(32,33)34)14-22-17-25(38(4)37-22)41-13-11-21-9-7-18-6-5-12-35-27(18)36-21/h7-10,16-17,19H,5-6,11-15H2,1-4H3,(H,35,36). The van der Waals surface area contributed by atoms with Crippen molar-refractivity contribution in [2.75, 3.05) is 18.5 Å². The molecule has 42 heavy (non-hydrogen) atoms. The number of nitrogens with zero attached hydrogens (tertiary/aromatic N) is 3. The number of halogens is 4. The van der Waals surface area contributed by atoms with Gasteiger partial charge >= 0.3 is 18.1 Å². The van der Waals surface area contributed by atoms with Gasteiger partial charge in [-0.3, -0.25) is 4.79 Å². The number of fused-ring (bicyclic) bond motifs is 1. The van der Waals surface area contributed by atoms with Gasteiger partial charge in [0.15, 0.2) is 0 Å². The molecular formula is C30H34ClF3N4O4. The molecule has 1 aliphatic heterocycles. The number of nitrogens with one attached hydrogen (secondary N) is 1. The SMILES string of the molecule is Cn1nc(CC(CC(=O)OC(=O)C(F)(F)F)c2cc(C(C)(C)C)ccc2Cl)cc1OCCc1ccc2c(n1)NCCC2. The number of carbonyl (C=O) groups excluding carboxylic acids is 2. The second-order valence-corrected chi connectivity index (χ2v) is 11.8. The minimum Gasteiger partial charge on any atom is -0.477 e. The third-order valence-electron chi connectivity index (χ3n) is 7.06. The third-order valence-corrected chi connectivity index (χ3v) is 7.40. The minimum absolute atomic E-state index is 0.137. The van der Waals surface area contributed by atoms with Crippen LogP contribution in [0.1, 0.15) is 67.6 Å². The van der Waals surface area contributed by atoms with Crippen LogP contribution in [0.2, 0.25) is 5.02 Å². The van der Waals surface area contributed by atoms with Crippen LogP contribution in [-0.4, -0.2) is 46.0 Å². The lowest BCUT2D eigenvalue weighted by molar-refractivity contribution is -0.202. The number of esters is 2. The summed E-state index contributed by atoms with van der Waals surface area (Å²) in [4.78, 5) is 28.4. The molecule has 0 aliphatic carbocycles. The second kappa shape index (κ2) is 12.7. The molecule has 0 saturated carbocycles. The molecule has 1 aromatic carbocycles. The number of carbonyl (C=O) groups is 2. The molecule has 0 bridgehead atoms. The number of aromatic nitrogens is 3. The van der Waals surface area contributed by atoms with E-state index in [4.69, 9.17) is 16.3 Å². The average Bonchev–Trinajstić information content (AvgIpc) is 3.25. The normalized spacial score (nSPS) is 14.1. The zero-order valence-corrected chi connectivity index (χ0v) is 24.7. The van der Waals surface area contributed by atoms with Crippen molar-refractivity contribution in [2.45, 2.75) is 70.4 Å². The molecule has 8 nitrogen and oxygen atoms in total. The molecule has 1 aliphatic rings. The van der Waals surface area contributed by atoms with Gasteiger partial charge in [0.05, 0.1) is 18.7 Å². The Hall–Kier alpha value is -3.60. The molecule has 3 aromatic rings. The molecule has 1 atom stereocenters. The van der Waals surface area contributed by atoms with Crippen LogP contribution in [0.25, 0.3) is 0 Å². The first-order chi connectivity index (χ1) is 19.7. The van der Waals surface area contributed by atoms with Gasteiger partial charge in [-0.15, -0.1) is 0 Å². The summed E-state index contributed by atoms with van der Waals surface area (Å²) in [5.74, 6) is -3.19. The number of rotatable bonds is 9. The summed E-state index contributed by atoms with van der Waals surface area (Å²) in [6, 6.07) is 11.2. The maximum atomic E-state index is 12.7. The van der Waals surface area contributed by atoms with E-state index in [-0.39, 0.29) is 11.8 Å². The van der Waals surface area contributed by atoms with E-state index in [0.29, 0.717) is 35.2 Å². The number of alkyl halides is 3. The highest BCUT2D eigenvalue weighted by atomic mass is 35.5. The summed E-state index contributed by atoms with van der Waals surface area (Å²) < 4.78 is 49.8. The van der Waals surface area contributed by atoms with Crippen LogP contribution in [0.5, 0.6) is 5.88 Å². The summed E-state index contributed by atoms with van der Waals surface area (Å²) in [5, 5.41) is 8.15. The van der Waals surface area contributed by atoms with Gasteiger partial charge in [0.25, 0.3) is 0 Å². The molecule has 0 fully saturated rings. The fourth-order valence-corrected chi connectivity index (χ4v) is 5.05. The number of anilines is 1. The highest BCUT2D eigenvalue weighted by molar-refractivity contribution is 6.31. The number of hydrogen-bond donors (Lipinski definition) is 1. The Morgan fingerprint density at radius 1 is 1.12 bits per heavy atom. The summed E-state index contributed by atoms with van der Waals surface area (Å²) in [6.45, 7) is 7.26. The molecule has 0 radical (unpaired) electrons. The zero-order chi connectivity index (χ0) is 30.7. The van der Waals surface area contributed by atoms with E-state index in [1.807, 2.05) is 39.0 Å². The van der Waals surface area contributed by atoms with Gasteiger partial charge in [-0.1, -0.05) is 50.6 Å². The van der Waals surface area contributed by atoms with E-state index < -0.39 is 30.5 Å². The lowest BCUT2D eigenvalue weighted by Gasteiger charge is -2.23. The Morgan fingerprint density at radius 2 is 1.88 bits per heavy atom. The highest BCUT2D eigenvalue weighted by Gasteiger charge is 2.42. The molecule has 1 N–H and O–H groups in total. The van der Waals surface area contributed by atoms with Crippen molar-refractivity contribution < 1.29 is 32.2 Å². The molecule has 2 aromatic heterocycles. The van der Waals surface area contributed by atoms with Crippen LogP contribution in [0, 0.1) is 0 Å². The van der Waals surface area contributed by atoms with E-state index in [2.05, 4.69) is 26.2 Å². The Bertz CT molecular complexity index is 1450. The first-order valence-corrected chi connectivity index (χ1v) is 14.1. The Balaban J connectivity index is 1.50. The predicted octanol–water partition coefficient (Wildman–Crippen LogP) is 6.09. The summed E-state index contributed by atoms with van der Waals surface area (Å²) in [5.41, 5.74) is 3.83. The maximum Gasteiger partial charge on any atom is 0.491 e. The van der Waals surface area contributed by atoms with Gasteiger partial charge in [-0.25, -0.2) is 14.5 Å². The van der Waals surface area contributed by atoms with Crippen LogP contribution < -0.4 is 10.1 Å². The fraction of sp³-hybridized carbons (Fsp3) is 0.467. The Labute approximate surface area is 247 Å². The Morgan fingerprint density at radius 3 is 2.60 bits per heavy atom. The van der Waals surface area contributed by atoms with Gasteiger partial charge in [0.2, 0.25) is 5.88 Å². The number of benzene rings is 1. The number of hydrogen-bond acceptors (Lipinski definition) is 7. The van der Waals surface area contributed by atoms with Crippen LogP contribution in [0.4, 0.5) is 19.0 Å². The van der Waals surface area contributed by atoms with Gasteiger partial charge in [-0.2, -0.15) is 18.3 Å². The maximum absolute atomic E-state index is 12.7. The first kappa shape index (κ1) is 31.3. The zero-order valence-electron chi connectivity index (χ0n) is 24.0. The number of pyridine rings is 1. The molecule has 4 rings (SSSR count). The highest BCUT2D eigenvalue weighted by Crippen LogP contribution is 2.35. The topological polar surface area (TPSA) is 95.3 Å². The monoisotopic (exact) mass is 606 g/mol. The Kier molecular flexibility index (Phi) is 9.50. The molecule has 0 spiro atoms. The van der Waals surface area contributed by atoms with E-state index >= 15 is 0 Å². The molecule has 0 amide bonds. The average molecular weight is 607 g/mol. The van der Waals surface area contributed by atoms with E-state index in [0.717, 1.165) is 36.5 Å². The predicted molar refractivity (Wildman–Crippen MR) is 152 cm³/mol. The largest absolute Gasteiger partial charge is 0.491 e. The lowest BCUT2D eigenvalue weighted by atomic mass is 9.83. The molecule has 1 unspecified atom stereocenters. The summed E-state index contributed by atoms with van der Waals surface area (Å²) in [6.07, 6.45) is -2.99.